The minimum Gasteiger partial charge on any atom is -0.481 e. The van der Waals surface area contributed by atoms with Crippen molar-refractivity contribution >= 4 is 29.3 Å². The fourth-order valence-corrected chi connectivity index (χ4v) is 3.52. The summed E-state index contributed by atoms with van der Waals surface area (Å²) in [5.74, 6) is -1.55. The van der Waals surface area contributed by atoms with Crippen molar-refractivity contribution in [2.45, 2.75) is 17.7 Å². The molecule has 8 nitrogen and oxygen atoms in total. The summed E-state index contributed by atoms with van der Waals surface area (Å²) in [6, 6.07) is 4.38. The molecule has 0 saturated carbocycles. The van der Waals surface area contributed by atoms with E-state index in [4.69, 9.17) is 4.74 Å². The normalized spacial score (nSPS) is 20.3. The van der Waals surface area contributed by atoms with Crippen LogP contribution in [0.2, 0.25) is 0 Å². The van der Waals surface area contributed by atoms with Crippen molar-refractivity contribution in [3.05, 3.63) is 33.9 Å². The van der Waals surface area contributed by atoms with Crippen molar-refractivity contribution in [3.63, 3.8) is 0 Å². The molecule has 9 heteroatoms. The highest BCUT2D eigenvalue weighted by Crippen LogP contribution is 2.33. The Kier molecular flexibility index (Phi) is 6.02. The van der Waals surface area contributed by atoms with Gasteiger partial charge in [0.2, 0.25) is 0 Å². The van der Waals surface area contributed by atoms with Crippen LogP contribution >= 0.6 is 11.8 Å². The Morgan fingerprint density at radius 2 is 2.20 bits per heavy atom. The smallest absolute Gasteiger partial charge is 0.313 e. The maximum Gasteiger partial charge on any atom is 0.313 e. The van der Waals surface area contributed by atoms with Crippen LogP contribution in [-0.2, 0) is 9.53 Å². The molecule has 136 valence electrons. The number of thioether (sulfide) groups is 1. The summed E-state index contributed by atoms with van der Waals surface area (Å²) in [4.78, 5) is 37.4. The van der Waals surface area contributed by atoms with E-state index < -0.39 is 22.2 Å². The number of nitrogens with zero attached hydrogens (tertiary/aromatic N) is 2. The maximum absolute atomic E-state index is 12.9. The number of aliphatic carboxylic acids is 1. The van der Waals surface area contributed by atoms with Crippen LogP contribution in [0.3, 0.4) is 0 Å². The van der Waals surface area contributed by atoms with E-state index in [1.165, 1.54) is 35.9 Å². The third-order valence-electron chi connectivity index (χ3n) is 4.37. The monoisotopic (exact) mass is 368 g/mol. The van der Waals surface area contributed by atoms with Crippen molar-refractivity contribution in [2.24, 2.45) is 5.41 Å². The lowest BCUT2D eigenvalue weighted by Crippen LogP contribution is -2.52. The van der Waals surface area contributed by atoms with E-state index in [9.17, 15) is 24.8 Å². The second-order valence-corrected chi connectivity index (χ2v) is 6.87. The zero-order valence-corrected chi connectivity index (χ0v) is 14.9. The molecule has 0 aromatic heterocycles. The number of piperidine rings is 1. The fraction of sp³-hybridized carbons (Fsp3) is 0.500. The Morgan fingerprint density at radius 1 is 1.48 bits per heavy atom. The fourth-order valence-electron chi connectivity index (χ4n) is 3.08. The molecule has 0 bridgehead atoms. The number of carboxylic acid groups (broad SMARTS) is 1. The molecule has 1 unspecified atom stereocenters. The lowest BCUT2D eigenvalue weighted by molar-refractivity contribution is -0.385. The minimum absolute atomic E-state index is 0.0148. The first-order valence-corrected chi connectivity index (χ1v) is 8.91. The van der Waals surface area contributed by atoms with E-state index in [0.717, 1.165) is 4.90 Å². The number of hydrogen-bond acceptors (Lipinski definition) is 6. The molecule has 1 aromatic rings. The molecule has 1 heterocycles. The second-order valence-electron chi connectivity index (χ2n) is 5.99. The van der Waals surface area contributed by atoms with E-state index in [2.05, 4.69) is 0 Å². The summed E-state index contributed by atoms with van der Waals surface area (Å²) < 4.78 is 5.05. The van der Waals surface area contributed by atoms with Gasteiger partial charge in [0.05, 0.1) is 11.5 Å². The van der Waals surface area contributed by atoms with Crippen molar-refractivity contribution in [1.82, 2.24) is 4.90 Å². The zero-order valence-electron chi connectivity index (χ0n) is 14.1. The van der Waals surface area contributed by atoms with E-state index in [1.807, 2.05) is 6.26 Å². The Labute approximate surface area is 149 Å². The summed E-state index contributed by atoms with van der Waals surface area (Å²) in [7, 11) is 1.41. The van der Waals surface area contributed by atoms with Gasteiger partial charge in [-0.05, 0) is 31.2 Å². The van der Waals surface area contributed by atoms with Crippen molar-refractivity contribution in [1.29, 1.82) is 0 Å². The van der Waals surface area contributed by atoms with Gasteiger partial charge in [0, 0.05) is 31.2 Å². The van der Waals surface area contributed by atoms with Crippen LogP contribution in [0, 0.1) is 15.5 Å². The van der Waals surface area contributed by atoms with Gasteiger partial charge >= 0.3 is 5.97 Å². The molecule has 0 radical (unpaired) electrons. The first kappa shape index (κ1) is 19.2. The number of carbonyl (C=O) groups excluding carboxylic acids is 1. The Hall–Kier alpha value is -2.13. The topological polar surface area (TPSA) is 110 Å². The lowest BCUT2D eigenvalue weighted by atomic mass is 9.80. The molecule has 0 spiro atoms. The molecule has 25 heavy (non-hydrogen) atoms. The largest absolute Gasteiger partial charge is 0.481 e. The van der Waals surface area contributed by atoms with Crippen LogP contribution in [0.15, 0.2) is 23.1 Å². The number of likely N-dealkylation sites (tertiary alicyclic amines) is 1. The summed E-state index contributed by atoms with van der Waals surface area (Å²) >= 11 is 1.37. The number of ether oxygens (including phenoxy) is 1. The highest BCUT2D eigenvalue weighted by molar-refractivity contribution is 7.98. The summed E-state index contributed by atoms with van der Waals surface area (Å²) in [5, 5.41) is 20.8. The van der Waals surface area contributed by atoms with E-state index in [-0.39, 0.29) is 24.4 Å². The van der Waals surface area contributed by atoms with Crippen LogP contribution in [0.4, 0.5) is 5.69 Å². The van der Waals surface area contributed by atoms with Crippen LogP contribution in [0.25, 0.3) is 0 Å². The molecular weight excluding hydrogens is 348 g/mol. The average Bonchev–Trinajstić information content (AvgIpc) is 2.60. The maximum atomic E-state index is 12.9. The lowest BCUT2D eigenvalue weighted by Gasteiger charge is -2.39. The van der Waals surface area contributed by atoms with Crippen LogP contribution < -0.4 is 0 Å². The molecule has 2 rings (SSSR count). The number of rotatable bonds is 6. The number of carbonyl (C=O) groups is 2. The van der Waals surface area contributed by atoms with Gasteiger partial charge in [0.25, 0.3) is 11.6 Å². The molecular formula is C16H20N2O6S. The quantitative estimate of drug-likeness (QED) is 0.466. The van der Waals surface area contributed by atoms with Crippen molar-refractivity contribution in [2.75, 3.05) is 33.1 Å². The third-order valence-corrected chi connectivity index (χ3v) is 5.09. The molecule has 1 saturated heterocycles. The Bertz CT molecular complexity index is 691. The number of nitro groups is 1. The predicted molar refractivity (Wildman–Crippen MR) is 92.0 cm³/mol. The van der Waals surface area contributed by atoms with Crippen molar-refractivity contribution < 1.29 is 24.4 Å². The molecule has 1 N–H and O–H groups in total. The molecule has 1 aromatic carbocycles. The van der Waals surface area contributed by atoms with Gasteiger partial charge in [-0.2, -0.15) is 0 Å². The van der Waals surface area contributed by atoms with Crippen LogP contribution in [0.1, 0.15) is 23.2 Å². The molecule has 1 amide bonds. The standard InChI is InChI=1S/C16H20N2O6S/c1-24-10-16(15(20)21)6-3-7-17(9-16)14(19)12-8-11(25-2)4-5-13(12)18(22)23/h4-5,8H,3,6-7,9-10H2,1-2H3,(H,20,21). The summed E-state index contributed by atoms with van der Waals surface area (Å²) in [6.07, 6.45) is 2.70. The van der Waals surface area contributed by atoms with Crippen LogP contribution in [0.5, 0.6) is 0 Å². The number of benzene rings is 1. The van der Waals surface area contributed by atoms with Gasteiger partial charge in [-0.15, -0.1) is 11.8 Å². The number of amides is 1. The van der Waals surface area contributed by atoms with E-state index >= 15 is 0 Å². The second kappa shape index (κ2) is 7.83. The highest BCUT2D eigenvalue weighted by atomic mass is 32.2. The summed E-state index contributed by atoms with van der Waals surface area (Å²) in [6.45, 7) is 0.312. The predicted octanol–water partition coefficient (Wildman–Crippen LogP) is 2.27. The Balaban J connectivity index is 2.37. The van der Waals surface area contributed by atoms with Crippen LogP contribution in [-0.4, -0.2) is 59.9 Å². The number of methoxy groups -OCH3 is 1. The average molecular weight is 368 g/mol. The molecule has 1 aliphatic heterocycles. The number of nitro benzene ring substituents is 1. The highest BCUT2D eigenvalue weighted by Gasteiger charge is 2.44. The number of carboxylic acids is 1. The zero-order chi connectivity index (χ0) is 18.6. The summed E-state index contributed by atoms with van der Waals surface area (Å²) in [5.41, 5.74) is -1.48. The van der Waals surface area contributed by atoms with Gasteiger partial charge in [0.1, 0.15) is 11.0 Å². The first-order chi connectivity index (χ1) is 11.8. The molecule has 1 aliphatic rings. The van der Waals surface area contributed by atoms with Gasteiger partial charge in [-0.1, -0.05) is 0 Å². The molecule has 0 aliphatic carbocycles. The SMILES string of the molecule is COCC1(C(=O)O)CCCN(C(=O)c2cc(SC)ccc2[N+](=O)[O-])C1. The molecule has 1 atom stereocenters. The first-order valence-electron chi connectivity index (χ1n) is 7.68. The van der Waals surface area contributed by atoms with E-state index in [1.54, 1.807) is 6.07 Å². The Morgan fingerprint density at radius 3 is 2.76 bits per heavy atom. The number of hydrogen-bond donors (Lipinski definition) is 1. The van der Waals surface area contributed by atoms with Gasteiger partial charge in [-0.3, -0.25) is 19.7 Å². The van der Waals surface area contributed by atoms with Gasteiger partial charge in [0.15, 0.2) is 0 Å². The van der Waals surface area contributed by atoms with Crippen molar-refractivity contribution in [3.8, 4) is 0 Å². The van der Waals surface area contributed by atoms with E-state index in [0.29, 0.717) is 19.4 Å². The minimum atomic E-state index is -1.19. The van der Waals surface area contributed by atoms with Gasteiger partial charge < -0.3 is 14.7 Å². The molecule has 1 fully saturated rings. The van der Waals surface area contributed by atoms with Gasteiger partial charge in [-0.25, -0.2) is 0 Å². The third kappa shape index (κ3) is 3.93.